The molecule has 0 unspecified atom stereocenters. The second-order valence-corrected chi connectivity index (χ2v) is 6.65. The van der Waals surface area contributed by atoms with Crippen molar-refractivity contribution < 1.29 is 18.8 Å². The van der Waals surface area contributed by atoms with E-state index in [2.05, 4.69) is 16.0 Å². The number of benzene rings is 1. The number of anilines is 1. The number of amides is 4. The van der Waals surface area contributed by atoms with E-state index in [-0.39, 0.29) is 18.1 Å². The van der Waals surface area contributed by atoms with Crippen molar-refractivity contribution >= 4 is 35.9 Å². The van der Waals surface area contributed by atoms with Crippen molar-refractivity contribution in [2.45, 2.75) is 45.2 Å². The van der Waals surface area contributed by atoms with Crippen molar-refractivity contribution in [3.63, 3.8) is 0 Å². The predicted molar refractivity (Wildman–Crippen MR) is 101 cm³/mol. The van der Waals surface area contributed by atoms with Crippen molar-refractivity contribution in [2.24, 2.45) is 0 Å². The number of halogens is 2. The molecule has 2 heterocycles. The molecule has 2 aliphatic heterocycles. The highest BCUT2D eigenvalue weighted by Gasteiger charge is 2.49. The van der Waals surface area contributed by atoms with E-state index in [0.717, 1.165) is 10.5 Å². The molecule has 3 N–H and O–H groups in total. The first-order valence-electron chi connectivity index (χ1n) is 8.86. The molecule has 148 valence electrons. The minimum absolute atomic E-state index is 0. The molecule has 3 rings (SSSR count). The van der Waals surface area contributed by atoms with Gasteiger partial charge in [0, 0.05) is 6.54 Å². The fourth-order valence-corrected chi connectivity index (χ4v) is 3.51. The van der Waals surface area contributed by atoms with E-state index in [1.54, 1.807) is 6.07 Å². The van der Waals surface area contributed by atoms with Crippen LogP contribution in [0.25, 0.3) is 0 Å². The largest absolute Gasteiger partial charge is 0.325 e. The van der Waals surface area contributed by atoms with Crippen LogP contribution in [0.2, 0.25) is 0 Å². The number of carbonyl (C=O) groups excluding carboxylic acids is 3. The van der Waals surface area contributed by atoms with E-state index in [1.807, 2.05) is 13.8 Å². The molecule has 1 aromatic rings. The molecule has 4 amide bonds. The summed E-state index contributed by atoms with van der Waals surface area (Å²) in [6.45, 7) is 4.45. The number of hydrogen-bond donors (Lipinski definition) is 3. The molecular weight excluding hydrogens is 375 g/mol. The van der Waals surface area contributed by atoms with E-state index >= 15 is 0 Å². The molecule has 1 fully saturated rings. The van der Waals surface area contributed by atoms with Gasteiger partial charge in [-0.3, -0.25) is 14.5 Å². The molecule has 1 saturated heterocycles. The number of carbonyl (C=O) groups is 3. The number of hydrogen-bond acceptors (Lipinski definition) is 4. The SMILES string of the molecule is CCC1(CC)NC(=O)N(CC(=O)Nc2ccc3c(c2F)CCNC3)C1=O.Cl. The molecule has 0 spiro atoms. The molecule has 0 saturated carbocycles. The summed E-state index contributed by atoms with van der Waals surface area (Å²) in [4.78, 5) is 37.8. The zero-order chi connectivity index (χ0) is 18.9. The van der Waals surface area contributed by atoms with Crippen LogP contribution in [0.5, 0.6) is 0 Å². The van der Waals surface area contributed by atoms with Crippen molar-refractivity contribution in [1.82, 2.24) is 15.5 Å². The Kier molecular flexibility index (Phi) is 6.43. The lowest BCUT2D eigenvalue weighted by atomic mass is 9.93. The lowest BCUT2D eigenvalue weighted by Gasteiger charge is -2.23. The van der Waals surface area contributed by atoms with Gasteiger partial charge in [0.05, 0.1) is 5.69 Å². The highest BCUT2D eigenvalue weighted by molar-refractivity contribution is 6.10. The van der Waals surface area contributed by atoms with Gasteiger partial charge in [0.1, 0.15) is 17.9 Å². The Bertz CT molecular complexity index is 767. The van der Waals surface area contributed by atoms with E-state index in [4.69, 9.17) is 0 Å². The van der Waals surface area contributed by atoms with Crippen LogP contribution in [-0.2, 0) is 22.6 Å². The zero-order valence-electron chi connectivity index (χ0n) is 15.4. The van der Waals surface area contributed by atoms with Gasteiger partial charge in [-0.1, -0.05) is 19.9 Å². The van der Waals surface area contributed by atoms with Gasteiger partial charge in [0.25, 0.3) is 5.91 Å². The Morgan fingerprint density at radius 1 is 1.30 bits per heavy atom. The Morgan fingerprint density at radius 2 is 2.00 bits per heavy atom. The van der Waals surface area contributed by atoms with Crippen LogP contribution in [-0.4, -0.2) is 41.4 Å². The van der Waals surface area contributed by atoms with E-state index in [9.17, 15) is 18.8 Å². The molecule has 27 heavy (non-hydrogen) atoms. The molecule has 0 radical (unpaired) electrons. The van der Waals surface area contributed by atoms with Gasteiger partial charge in [0.15, 0.2) is 0 Å². The Morgan fingerprint density at radius 3 is 2.63 bits per heavy atom. The number of urea groups is 1. The van der Waals surface area contributed by atoms with Crippen molar-refractivity contribution in [2.75, 3.05) is 18.4 Å². The van der Waals surface area contributed by atoms with E-state index < -0.39 is 35.7 Å². The third kappa shape index (κ3) is 3.77. The van der Waals surface area contributed by atoms with Gasteiger partial charge in [-0.05, 0) is 43.0 Å². The van der Waals surface area contributed by atoms with Crippen molar-refractivity contribution in [3.05, 3.63) is 29.1 Å². The van der Waals surface area contributed by atoms with Gasteiger partial charge >= 0.3 is 6.03 Å². The number of nitrogens with one attached hydrogen (secondary N) is 3. The lowest BCUT2D eigenvalue weighted by molar-refractivity contribution is -0.134. The third-order valence-corrected chi connectivity index (χ3v) is 5.24. The highest BCUT2D eigenvalue weighted by Crippen LogP contribution is 2.26. The normalized spacial score (nSPS) is 17.8. The average molecular weight is 399 g/mol. The first kappa shape index (κ1) is 21.1. The van der Waals surface area contributed by atoms with Crippen LogP contribution in [0, 0.1) is 5.82 Å². The predicted octanol–water partition coefficient (Wildman–Crippen LogP) is 1.94. The Hall–Kier alpha value is -2.19. The fraction of sp³-hybridized carbons (Fsp3) is 0.500. The number of fused-ring (bicyclic) bond motifs is 1. The second-order valence-electron chi connectivity index (χ2n) is 6.65. The summed E-state index contributed by atoms with van der Waals surface area (Å²) in [7, 11) is 0. The van der Waals surface area contributed by atoms with Crippen LogP contribution < -0.4 is 16.0 Å². The lowest BCUT2D eigenvalue weighted by Crippen LogP contribution is -2.46. The molecule has 9 heteroatoms. The summed E-state index contributed by atoms with van der Waals surface area (Å²) in [6, 6.07) is 2.69. The third-order valence-electron chi connectivity index (χ3n) is 5.24. The molecule has 2 aliphatic rings. The second kappa shape index (κ2) is 8.22. The standard InChI is InChI=1S/C18H23FN4O3.ClH/c1-3-18(4-2)16(25)23(17(26)22-18)10-14(24)21-13-6-5-11-9-20-8-7-12(11)15(13)19;/h5-6,20H,3-4,7-10H2,1-2H3,(H,21,24)(H,22,26);1H. The van der Waals surface area contributed by atoms with Gasteiger partial charge in [-0.25, -0.2) is 9.18 Å². The summed E-state index contributed by atoms with van der Waals surface area (Å²) in [5.74, 6) is -1.48. The molecule has 0 bridgehead atoms. The fourth-order valence-electron chi connectivity index (χ4n) is 3.51. The summed E-state index contributed by atoms with van der Waals surface area (Å²) < 4.78 is 14.6. The highest BCUT2D eigenvalue weighted by atomic mass is 35.5. The summed E-state index contributed by atoms with van der Waals surface area (Å²) in [5.41, 5.74) is 0.575. The minimum Gasteiger partial charge on any atom is -0.323 e. The Balaban J connectivity index is 0.00000261. The topological polar surface area (TPSA) is 90.5 Å². The van der Waals surface area contributed by atoms with Crippen molar-refractivity contribution in [1.29, 1.82) is 0 Å². The quantitative estimate of drug-likeness (QED) is 0.661. The summed E-state index contributed by atoms with van der Waals surface area (Å²) >= 11 is 0. The van der Waals surface area contributed by atoms with Gasteiger partial charge in [0.2, 0.25) is 5.91 Å². The van der Waals surface area contributed by atoms with Gasteiger partial charge in [-0.15, -0.1) is 12.4 Å². The van der Waals surface area contributed by atoms with Crippen LogP contribution in [0.3, 0.4) is 0 Å². The smallest absolute Gasteiger partial charge is 0.323 e. The monoisotopic (exact) mass is 398 g/mol. The molecule has 1 aromatic carbocycles. The van der Waals surface area contributed by atoms with E-state index in [0.29, 0.717) is 37.9 Å². The van der Waals surface area contributed by atoms with Crippen LogP contribution in [0.15, 0.2) is 12.1 Å². The summed E-state index contributed by atoms with van der Waals surface area (Å²) in [5, 5.41) is 8.31. The molecule has 0 aromatic heterocycles. The Labute approximate surface area is 163 Å². The first-order valence-corrected chi connectivity index (χ1v) is 8.86. The number of imide groups is 1. The van der Waals surface area contributed by atoms with E-state index in [1.165, 1.54) is 6.07 Å². The molecule has 0 atom stereocenters. The first-order chi connectivity index (χ1) is 12.4. The minimum atomic E-state index is -0.957. The number of nitrogens with zero attached hydrogens (tertiary/aromatic N) is 1. The number of rotatable bonds is 5. The van der Waals surface area contributed by atoms with Gasteiger partial charge in [-0.2, -0.15) is 0 Å². The average Bonchev–Trinajstić information content (AvgIpc) is 2.89. The van der Waals surface area contributed by atoms with Crippen LogP contribution >= 0.6 is 12.4 Å². The summed E-state index contributed by atoms with van der Waals surface area (Å²) in [6.07, 6.45) is 1.44. The zero-order valence-corrected chi connectivity index (χ0v) is 16.2. The molecular formula is C18H24ClFN4O3. The maximum absolute atomic E-state index is 14.6. The van der Waals surface area contributed by atoms with Crippen molar-refractivity contribution in [3.8, 4) is 0 Å². The molecule has 7 nitrogen and oxygen atoms in total. The maximum Gasteiger partial charge on any atom is 0.325 e. The van der Waals surface area contributed by atoms with Crippen LogP contribution in [0.1, 0.15) is 37.8 Å². The molecule has 0 aliphatic carbocycles. The van der Waals surface area contributed by atoms with Crippen LogP contribution in [0.4, 0.5) is 14.9 Å². The van der Waals surface area contributed by atoms with Gasteiger partial charge < -0.3 is 16.0 Å². The maximum atomic E-state index is 14.6.